The Balaban J connectivity index is 1.94. The maximum absolute atomic E-state index is 9.17. The number of nitrogens with one attached hydrogen (secondary N) is 1. The number of hydrogen-bond donors (Lipinski definition) is 1. The molecule has 0 aliphatic carbocycles. The molecule has 1 unspecified atom stereocenters. The molecule has 2 rings (SSSR count). The van der Waals surface area contributed by atoms with E-state index < -0.39 is 5.54 Å². The average Bonchev–Trinajstić information content (AvgIpc) is 2.81. The third-order valence-corrected chi connectivity index (χ3v) is 3.75. The van der Waals surface area contributed by atoms with E-state index in [4.69, 9.17) is 9.68 Å². The molecule has 4 nitrogen and oxygen atoms in total. The van der Waals surface area contributed by atoms with Crippen molar-refractivity contribution < 1.29 is 4.42 Å². The van der Waals surface area contributed by atoms with Crippen molar-refractivity contribution in [1.29, 1.82) is 5.26 Å². The Hall–Kier alpha value is -1.51. The third kappa shape index (κ3) is 3.49. The van der Waals surface area contributed by atoms with Crippen LogP contribution in [-0.4, -0.2) is 22.8 Å². The van der Waals surface area contributed by atoms with Gasteiger partial charge in [-0.15, -0.1) is 0 Å². The van der Waals surface area contributed by atoms with Gasteiger partial charge in [0.05, 0.1) is 6.07 Å². The summed E-state index contributed by atoms with van der Waals surface area (Å²) in [7, 11) is 0. The summed E-state index contributed by atoms with van der Waals surface area (Å²) in [5, 5.41) is 13.0. The molecule has 19 heavy (non-hydrogen) atoms. The molecule has 0 bridgehead atoms. The van der Waals surface area contributed by atoms with Crippen molar-refractivity contribution in [2.45, 2.75) is 31.0 Å². The molecule has 0 spiro atoms. The van der Waals surface area contributed by atoms with E-state index in [1.807, 2.05) is 38.1 Å². The van der Waals surface area contributed by atoms with Gasteiger partial charge in [0.15, 0.2) is 5.58 Å². The second-order valence-electron chi connectivity index (χ2n) is 4.52. The minimum atomic E-state index is -0.478. The Labute approximate surface area is 117 Å². The molecule has 1 heterocycles. The van der Waals surface area contributed by atoms with Gasteiger partial charge in [0.25, 0.3) is 5.22 Å². The van der Waals surface area contributed by atoms with Gasteiger partial charge >= 0.3 is 0 Å². The van der Waals surface area contributed by atoms with Crippen LogP contribution >= 0.6 is 11.8 Å². The third-order valence-electron chi connectivity index (χ3n) is 2.92. The quantitative estimate of drug-likeness (QED) is 0.820. The van der Waals surface area contributed by atoms with Crippen LogP contribution in [0.4, 0.5) is 0 Å². The number of oxazole rings is 1. The molecule has 0 saturated heterocycles. The zero-order valence-corrected chi connectivity index (χ0v) is 12.0. The lowest BCUT2D eigenvalue weighted by atomic mass is 10.0. The molecule has 100 valence electrons. The SMILES string of the molecule is CCNC(C)(C#N)CCSc1nc2ccccc2o1. The zero-order chi connectivity index (χ0) is 13.7. The summed E-state index contributed by atoms with van der Waals surface area (Å²) < 4.78 is 5.62. The van der Waals surface area contributed by atoms with Gasteiger partial charge in [0.1, 0.15) is 11.1 Å². The van der Waals surface area contributed by atoms with Crippen molar-refractivity contribution in [2.75, 3.05) is 12.3 Å². The van der Waals surface area contributed by atoms with E-state index in [2.05, 4.69) is 16.4 Å². The van der Waals surface area contributed by atoms with Crippen LogP contribution in [0.25, 0.3) is 11.1 Å². The number of nitriles is 1. The smallest absolute Gasteiger partial charge is 0.256 e. The molecule has 0 aliphatic heterocycles. The number of fused-ring (bicyclic) bond motifs is 1. The number of aromatic nitrogens is 1. The average molecular weight is 275 g/mol. The number of benzene rings is 1. The Morgan fingerprint density at radius 1 is 1.47 bits per heavy atom. The van der Waals surface area contributed by atoms with E-state index >= 15 is 0 Å². The molecule has 0 amide bonds. The number of para-hydroxylation sites is 2. The first-order valence-corrected chi connectivity index (χ1v) is 7.30. The summed E-state index contributed by atoms with van der Waals surface area (Å²) in [6.45, 7) is 4.71. The van der Waals surface area contributed by atoms with E-state index in [1.165, 1.54) is 0 Å². The zero-order valence-electron chi connectivity index (χ0n) is 11.1. The molecule has 1 aromatic carbocycles. The van der Waals surface area contributed by atoms with E-state index in [-0.39, 0.29) is 0 Å². The van der Waals surface area contributed by atoms with E-state index in [1.54, 1.807) is 11.8 Å². The lowest BCUT2D eigenvalue weighted by molar-refractivity contribution is 0.448. The maximum atomic E-state index is 9.17. The highest BCUT2D eigenvalue weighted by molar-refractivity contribution is 7.99. The van der Waals surface area contributed by atoms with Crippen LogP contribution in [-0.2, 0) is 0 Å². The highest BCUT2D eigenvalue weighted by Crippen LogP contribution is 2.25. The minimum absolute atomic E-state index is 0.478. The van der Waals surface area contributed by atoms with Gasteiger partial charge in [-0.2, -0.15) is 5.26 Å². The lowest BCUT2D eigenvalue weighted by Crippen LogP contribution is -2.41. The summed E-state index contributed by atoms with van der Waals surface area (Å²) in [4.78, 5) is 4.40. The number of hydrogen-bond acceptors (Lipinski definition) is 5. The summed E-state index contributed by atoms with van der Waals surface area (Å²) in [5.74, 6) is 0.796. The summed E-state index contributed by atoms with van der Waals surface area (Å²) in [5.41, 5.74) is 1.20. The fourth-order valence-corrected chi connectivity index (χ4v) is 2.83. The van der Waals surface area contributed by atoms with E-state index in [0.29, 0.717) is 5.22 Å². The second-order valence-corrected chi connectivity index (χ2v) is 5.57. The highest BCUT2D eigenvalue weighted by Gasteiger charge is 2.22. The predicted molar refractivity (Wildman–Crippen MR) is 77.0 cm³/mol. The van der Waals surface area contributed by atoms with Gasteiger partial charge in [-0.25, -0.2) is 4.98 Å². The van der Waals surface area contributed by atoms with Gasteiger partial charge in [0, 0.05) is 5.75 Å². The standard InChI is InChI=1S/C14H17N3OS/c1-3-16-14(2,10-15)8-9-19-13-17-11-6-4-5-7-12(11)18-13/h4-7,16H,3,8-9H2,1-2H3. The van der Waals surface area contributed by atoms with Crippen LogP contribution < -0.4 is 5.32 Å². The van der Waals surface area contributed by atoms with Crippen molar-refractivity contribution in [3.8, 4) is 6.07 Å². The summed E-state index contributed by atoms with van der Waals surface area (Å²) in [6, 6.07) is 10.0. The first-order chi connectivity index (χ1) is 9.17. The van der Waals surface area contributed by atoms with Crippen molar-refractivity contribution in [1.82, 2.24) is 10.3 Å². The Morgan fingerprint density at radius 2 is 2.26 bits per heavy atom. The number of thioether (sulfide) groups is 1. The predicted octanol–water partition coefficient (Wildman–Crippen LogP) is 3.20. The molecule has 5 heteroatoms. The molecule has 0 fully saturated rings. The number of rotatable bonds is 6. The maximum Gasteiger partial charge on any atom is 0.256 e. The molecular formula is C14H17N3OS. The summed E-state index contributed by atoms with van der Waals surface area (Å²) >= 11 is 1.55. The van der Waals surface area contributed by atoms with Crippen LogP contribution in [0.1, 0.15) is 20.3 Å². The van der Waals surface area contributed by atoms with Gasteiger partial charge < -0.3 is 4.42 Å². The van der Waals surface area contributed by atoms with Gasteiger partial charge in [-0.3, -0.25) is 5.32 Å². The molecule has 2 aromatic rings. The molecule has 0 aliphatic rings. The monoisotopic (exact) mass is 275 g/mol. The fourth-order valence-electron chi connectivity index (χ4n) is 1.83. The number of nitrogens with zero attached hydrogens (tertiary/aromatic N) is 2. The lowest BCUT2D eigenvalue weighted by Gasteiger charge is -2.21. The van der Waals surface area contributed by atoms with Crippen molar-refractivity contribution in [3.05, 3.63) is 24.3 Å². The van der Waals surface area contributed by atoms with Gasteiger partial charge in [0.2, 0.25) is 0 Å². The van der Waals surface area contributed by atoms with Gasteiger partial charge in [-0.1, -0.05) is 30.8 Å². The molecule has 0 saturated carbocycles. The Bertz CT molecular complexity index is 557. The molecule has 1 atom stereocenters. The van der Waals surface area contributed by atoms with Crippen LogP contribution in [0.15, 0.2) is 33.9 Å². The van der Waals surface area contributed by atoms with Crippen molar-refractivity contribution >= 4 is 22.9 Å². The second kappa shape index (κ2) is 6.09. The van der Waals surface area contributed by atoms with Crippen molar-refractivity contribution in [2.24, 2.45) is 0 Å². The van der Waals surface area contributed by atoms with Crippen LogP contribution in [0.5, 0.6) is 0 Å². The van der Waals surface area contributed by atoms with Crippen molar-refractivity contribution in [3.63, 3.8) is 0 Å². The topological polar surface area (TPSA) is 61.9 Å². The largest absolute Gasteiger partial charge is 0.431 e. The first kappa shape index (κ1) is 13.9. The molecular weight excluding hydrogens is 258 g/mol. The van der Waals surface area contributed by atoms with Crippen LogP contribution in [0.2, 0.25) is 0 Å². The minimum Gasteiger partial charge on any atom is -0.431 e. The van der Waals surface area contributed by atoms with Crippen LogP contribution in [0, 0.1) is 11.3 Å². The summed E-state index contributed by atoms with van der Waals surface area (Å²) in [6.07, 6.45) is 0.751. The van der Waals surface area contributed by atoms with Gasteiger partial charge in [-0.05, 0) is 32.0 Å². The molecule has 1 aromatic heterocycles. The molecule has 0 radical (unpaired) electrons. The first-order valence-electron chi connectivity index (χ1n) is 6.31. The van der Waals surface area contributed by atoms with E-state index in [9.17, 15) is 0 Å². The van der Waals surface area contributed by atoms with E-state index in [0.717, 1.165) is 29.8 Å². The normalized spacial score (nSPS) is 14.2. The molecule has 1 N–H and O–H groups in total. The fraction of sp³-hybridized carbons (Fsp3) is 0.429. The van der Waals surface area contributed by atoms with Crippen LogP contribution in [0.3, 0.4) is 0 Å². The Morgan fingerprint density at radius 3 is 2.95 bits per heavy atom. The Kier molecular flexibility index (Phi) is 4.46. The highest BCUT2D eigenvalue weighted by atomic mass is 32.2.